The lowest BCUT2D eigenvalue weighted by atomic mass is 10.0. The van der Waals surface area contributed by atoms with E-state index < -0.39 is 27.8 Å². The highest BCUT2D eigenvalue weighted by Gasteiger charge is 2.40. The van der Waals surface area contributed by atoms with Crippen molar-refractivity contribution in [2.24, 2.45) is 0 Å². The number of carbonyl (C=O) groups excluding carboxylic acids is 1. The first-order valence-electron chi connectivity index (χ1n) is 8.22. The summed E-state index contributed by atoms with van der Waals surface area (Å²) in [4.78, 5) is 12.4. The van der Waals surface area contributed by atoms with E-state index in [2.05, 4.69) is 5.32 Å². The van der Waals surface area contributed by atoms with Gasteiger partial charge in [0.05, 0.1) is 11.5 Å². The van der Waals surface area contributed by atoms with Crippen LogP contribution in [0.2, 0.25) is 0 Å². The molecule has 2 aromatic rings. The number of ether oxygens (including phenoxy) is 1. The highest BCUT2D eigenvalue weighted by Crippen LogP contribution is 2.31. The van der Waals surface area contributed by atoms with Gasteiger partial charge in [-0.3, -0.25) is 4.79 Å². The average molecular weight is 378 g/mol. The molecule has 8 heteroatoms. The molecule has 0 aromatic heterocycles. The van der Waals surface area contributed by atoms with Crippen molar-refractivity contribution >= 4 is 15.9 Å². The second kappa shape index (κ2) is 7.43. The van der Waals surface area contributed by atoms with Crippen molar-refractivity contribution < 1.29 is 22.3 Å². The van der Waals surface area contributed by atoms with Crippen LogP contribution in [0, 0.1) is 5.82 Å². The summed E-state index contributed by atoms with van der Waals surface area (Å²) in [7, 11) is -3.99. The van der Waals surface area contributed by atoms with E-state index in [1.54, 1.807) is 18.2 Å². The zero-order valence-electron chi connectivity index (χ0n) is 14.2. The van der Waals surface area contributed by atoms with Crippen molar-refractivity contribution in [2.45, 2.75) is 17.9 Å². The molecule has 1 unspecified atom stereocenters. The average Bonchev–Trinajstić information content (AvgIpc) is 2.63. The number of carbonyl (C=O) groups is 1. The molecule has 0 bridgehead atoms. The molecule has 0 spiro atoms. The Labute approximate surface area is 151 Å². The molecule has 0 aliphatic carbocycles. The van der Waals surface area contributed by atoms with E-state index in [1.807, 2.05) is 6.92 Å². The third kappa shape index (κ3) is 3.42. The maximum atomic E-state index is 14.2. The quantitative estimate of drug-likeness (QED) is 0.864. The summed E-state index contributed by atoms with van der Waals surface area (Å²) in [5.41, 5.74) is 0.0270. The van der Waals surface area contributed by atoms with Gasteiger partial charge in [0.15, 0.2) is 0 Å². The second-order valence-corrected chi connectivity index (χ2v) is 7.63. The van der Waals surface area contributed by atoms with Crippen LogP contribution >= 0.6 is 0 Å². The Morgan fingerprint density at radius 1 is 1.19 bits per heavy atom. The molecule has 1 saturated heterocycles. The predicted molar refractivity (Wildman–Crippen MR) is 93.7 cm³/mol. The van der Waals surface area contributed by atoms with Gasteiger partial charge in [0.2, 0.25) is 15.9 Å². The van der Waals surface area contributed by atoms with Crippen LogP contribution < -0.4 is 10.1 Å². The Bertz CT molecular complexity index is 900. The topological polar surface area (TPSA) is 75.7 Å². The van der Waals surface area contributed by atoms with Gasteiger partial charge in [-0.2, -0.15) is 4.31 Å². The molecule has 0 saturated carbocycles. The van der Waals surface area contributed by atoms with Gasteiger partial charge < -0.3 is 10.1 Å². The molecule has 1 heterocycles. The number of nitrogens with zero attached hydrogens (tertiary/aromatic N) is 1. The van der Waals surface area contributed by atoms with Gasteiger partial charge >= 0.3 is 0 Å². The molecule has 1 aliphatic rings. The standard InChI is InChI=1S/C18H19FN2O4S/c1-2-25-13-7-9-14(10-8-13)26(23,24)21-12-11-20-18(22)17(21)15-5-3-4-6-16(15)19/h3-10,17H,2,11-12H2,1H3,(H,20,22). The Morgan fingerprint density at radius 2 is 1.88 bits per heavy atom. The fourth-order valence-corrected chi connectivity index (χ4v) is 4.48. The fourth-order valence-electron chi connectivity index (χ4n) is 2.91. The van der Waals surface area contributed by atoms with Crippen molar-refractivity contribution in [3.8, 4) is 5.75 Å². The van der Waals surface area contributed by atoms with Gasteiger partial charge in [-0.05, 0) is 37.3 Å². The van der Waals surface area contributed by atoms with E-state index in [0.717, 1.165) is 4.31 Å². The number of sulfonamides is 1. The fraction of sp³-hybridized carbons (Fsp3) is 0.278. The summed E-state index contributed by atoms with van der Waals surface area (Å²) < 4.78 is 46.8. The van der Waals surface area contributed by atoms with Crippen LogP contribution in [-0.4, -0.2) is 38.3 Å². The molecule has 1 N–H and O–H groups in total. The molecule has 1 amide bonds. The first-order valence-corrected chi connectivity index (χ1v) is 9.66. The molecule has 3 rings (SSSR count). The maximum Gasteiger partial charge on any atom is 0.244 e. The molecule has 1 atom stereocenters. The van der Waals surface area contributed by atoms with Crippen LogP contribution in [-0.2, 0) is 14.8 Å². The van der Waals surface area contributed by atoms with Gasteiger partial charge in [0.1, 0.15) is 17.6 Å². The van der Waals surface area contributed by atoms with Crippen molar-refractivity contribution in [1.82, 2.24) is 9.62 Å². The first-order chi connectivity index (χ1) is 12.4. The third-order valence-corrected chi connectivity index (χ3v) is 5.99. The van der Waals surface area contributed by atoms with Crippen molar-refractivity contribution in [1.29, 1.82) is 0 Å². The monoisotopic (exact) mass is 378 g/mol. The minimum absolute atomic E-state index is 0.0250. The van der Waals surface area contributed by atoms with Crippen molar-refractivity contribution in [3.05, 3.63) is 59.9 Å². The van der Waals surface area contributed by atoms with Crippen LogP contribution in [0.15, 0.2) is 53.4 Å². The minimum atomic E-state index is -3.99. The molecule has 1 fully saturated rings. The molecule has 1 aliphatic heterocycles. The van der Waals surface area contributed by atoms with E-state index in [-0.39, 0.29) is 23.5 Å². The molecule has 26 heavy (non-hydrogen) atoms. The predicted octanol–water partition coefficient (Wildman–Crippen LogP) is 2.09. The lowest BCUT2D eigenvalue weighted by Gasteiger charge is -2.34. The molecule has 2 aromatic carbocycles. The van der Waals surface area contributed by atoms with Crippen molar-refractivity contribution in [3.63, 3.8) is 0 Å². The van der Waals surface area contributed by atoms with Crippen LogP contribution in [0.3, 0.4) is 0 Å². The van der Waals surface area contributed by atoms with E-state index in [0.29, 0.717) is 12.4 Å². The van der Waals surface area contributed by atoms with Gasteiger partial charge in [0, 0.05) is 18.7 Å². The van der Waals surface area contributed by atoms with Gasteiger partial charge in [0.25, 0.3) is 0 Å². The lowest BCUT2D eigenvalue weighted by Crippen LogP contribution is -2.52. The zero-order valence-corrected chi connectivity index (χ0v) is 15.0. The van der Waals surface area contributed by atoms with Crippen molar-refractivity contribution in [2.75, 3.05) is 19.7 Å². The number of nitrogens with one attached hydrogen (secondary N) is 1. The summed E-state index contributed by atoms with van der Waals surface area (Å²) in [6.07, 6.45) is 0. The SMILES string of the molecule is CCOc1ccc(S(=O)(=O)N2CCNC(=O)C2c2ccccc2F)cc1. The highest BCUT2D eigenvalue weighted by molar-refractivity contribution is 7.89. The van der Waals surface area contributed by atoms with Crippen LogP contribution in [0.25, 0.3) is 0 Å². The molecule has 0 radical (unpaired) electrons. The number of piperazine rings is 1. The van der Waals surface area contributed by atoms with Gasteiger partial charge in [-0.15, -0.1) is 0 Å². The highest BCUT2D eigenvalue weighted by atomic mass is 32.2. The normalized spacial score (nSPS) is 18.4. The zero-order chi connectivity index (χ0) is 18.7. The Kier molecular flexibility index (Phi) is 5.24. The Balaban J connectivity index is 2.01. The largest absolute Gasteiger partial charge is 0.494 e. The first kappa shape index (κ1) is 18.3. The van der Waals surface area contributed by atoms with Crippen LogP contribution in [0.4, 0.5) is 4.39 Å². The maximum absolute atomic E-state index is 14.2. The van der Waals surface area contributed by atoms with Gasteiger partial charge in [-0.1, -0.05) is 18.2 Å². The minimum Gasteiger partial charge on any atom is -0.494 e. The third-order valence-electron chi connectivity index (χ3n) is 4.11. The van der Waals surface area contributed by atoms with Gasteiger partial charge in [-0.25, -0.2) is 12.8 Å². The van der Waals surface area contributed by atoms with Crippen LogP contribution in [0.5, 0.6) is 5.75 Å². The number of amides is 1. The van der Waals surface area contributed by atoms with E-state index in [9.17, 15) is 17.6 Å². The number of hydrogen-bond acceptors (Lipinski definition) is 4. The number of hydrogen-bond donors (Lipinski definition) is 1. The summed E-state index contributed by atoms with van der Waals surface area (Å²) >= 11 is 0. The molecular weight excluding hydrogens is 359 g/mol. The van der Waals surface area contributed by atoms with Crippen LogP contribution in [0.1, 0.15) is 18.5 Å². The number of benzene rings is 2. The van der Waals surface area contributed by atoms with E-state index in [4.69, 9.17) is 4.74 Å². The summed E-state index contributed by atoms with van der Waals surface area (Å²) in [6, 6.07) is 10.4. The Hall–Kier alpha value is -2.45. The molecule has 138 valence electrons. The molecule has 6 nitrogen and oxygen atoms in total. The number of halogens is 1. The van der Waals surface area contributed by atoms with E-state index in [1.165, 1.54) is 30.3 Å². The second-order valence-electron chi connectivity index (χ2n) is 5.74. The summed E-state index contributed by atoms with van der Waals surface area (Å²) in [5.74, 6) is -0.620. The lowest BCUT2D eigenvalue weighted by molar-refractivity contribution is -0.127. The number of rotatable bonds is 5. The van der Waals surface area contributed by atoms with E-state index >= 15 is 0 Å². The molecular formula is C18H19FN2O4S. The smallest absolute Gasteiger partial charge is 0.244 e. The summed E-state index contributed by atoms with van der Waals surface area (Å²) in [6.45, 7) is 2.52. The Morgan fingerprint density at radius 3 is 2.54 bits per heavy atom. The summed E-state index contributed by atoms with van der Waals surface area (Å²) in [5, 5.41) is 2.61.